The quantitative estimate of drug-likeness (QED) is 0.727. The first-order chi connectivity index (χ1) is 7.06. The van der Waals surface area contributed by atoms with Gasteiger partial charge in [0.2, 0.25) is 5.91 Å². The molecule has 3 heteroatoms. The molecule has 2 N–H and O–H groups in total. The number of hydrogen-bond donors (Lipinski definition) is 1. The Bertz CT molecular complexity index is 214. The van der Waals surface area contributed by atoms with Crippen molar-refractivity contribution in [2.45, 2.75) is 45.6 Å². The molecule has 0 saturated heterocycles. The van der Waals surface area contributed by atoms with E-state index in [1.807, 2.05) is 14.0 Å². The Morgan fingerprint density at radius 2 is 2.13 bits per heavy atom. The van der Waals surface area contributed by atoms with Crippen molar-refractivity contribution in [1.82, 2.24) is 4.90 Å². The predicted molar refractivity (Wildman–Crippen MR) is 62.4 cm³/mol. The lowest BCUT2D eigenvalue weighted by Crippen LogP contribution is -2.45. The average molecular weight is 212 g/mol. The maximum atomic E-state index is 11.9. The Morgan fingerprint density at radius 3 is 2.60 bits per heavy atom. The summed E-state index contributed by atoms with van der Waals surface area (Å²) in [5.41, 5.74) is 5.90. The van der Waals surface area contributed by atoms with Crippen molar-refractivity contribution in [2.75, 3.05) is 13.6 Å². The van der Waals surface area contributed by atoms with Gasteiger partial charge in [-0.25, -0.2) is 0 Å². The molecule has 0 aromatic rings. The summed E-state index contributed by atoms with van der Waals surface area (Å²) in [4.78, 5) is 13.7. The van der Waals surface area contributed by atoms with E-state index in [-0.39, 0.29) is 17.9 Å². The highest BCUT2D eigenvalue weighted by Crippen LogP contribution is 2.32. The van der Waals surface area contributed by atoms with Crippen LogP contribution in [0, 0.1) is 11.8 Å². The van der Waals surface area contributed by atoms with Crippen LogP contribution >= 0.6 is 0 Å². The third kappa shape index (κ3) is 3.82. The van der Waals surface area contributed by atoms with Crippen LogP contribution in [0.15, 0.2) is 0 Å². The smallest absolute Gasteiger partial charge is 0.239 e. The number of hydrogen-bond acceptors (Lipinski definition) is 2. The van der Waals surface area contributed by atoms with Crippen molar-refractivity contribution in [1.29, 1.82) is 0 Å². The zero-order valence-corrected chi connectivity index (χ0v) is 10.2. The van der Waals surface area contributed by atoms with Crippen LogP contribution in [0.1, 0.15) is 39.5 Å². The molecule has 88 valence electrons. The van der Waals surface area contributed by atoms with Gasteiger partial charge in [0.05, 0.1) is 6.04 Å². The van der Waals surface area contributed by atoms with Gasteiger partial charge in [0.15, 0.2) is 0 Å². The van der Waals surface area contributed by atoms with E-state index >= 15 is 0 Å². The van der Waals surface area contributed by atoms with Gasteiger partial charge < -0.3 is 10.6 Å². The van der Waals surface area contributed by atoms with Crippen molar-refractivity contribution < 1.29 is 4.79 Å². The van der Waals surface area contributed by atoms with Gasteiger partial charge in [-0.2, -0.15) is 0 Å². The van der Waals surface area contributed by atoms with Crippen LogP contribution in [0.5, 0.6) is 0 Å². The van der Waals surface area contributed by atoms with E-state index < -0.39 is 0 Å². The summed E-state index contributed by atoms with van der Waals surface area (Å²) in [6.45, 7) is 4.98. The molecular weight excluding hydrogens is 188 g/mol. The molecular formula is C12H24N2O. The fourth-order valence-electron chi connectivity index (χ4n) is 1.64. The molecule has 0 aromatic carbocycles. The normalized spacial score (nSPS) is 19.7. The Balaban J connectivity index is 2.29. The number of rotatable bonds is 6. The Kier molecular flexibility index (Phi) is 4.58. The summed E-state index contributed by atoms with van der Waals surface area (Å²) in [5.74, 6) is 1.26. The van der Waals surface area contributed by atoms with Crippen molar-refractivity contribution in [2.24, 2.45) is 17.6 Å². The van der Waals surface area contributed by atoms with Gasteiger partial charge in [-0.05, 0) is 18.3 Å². The van der Waals surface area contributed by atoms with Gasteiger partial charge in [-0.1, -0.05) is 33.1 Å². The summed E-state index contributed by atoms with van der Waals surface area (Å²) in [6, 6.07) is -0.320. The monoisotopic (exact) mass is 212 g/mol. The highest BCUT2D eigenvalue weighted by Gasteiger charge is 2.25. The molecule has 1 amide bonds. The van der Waals surface area contributed by atoms with Gasteiger partial charge >= 0.3 is 0 Å². The van der Waals surface area contributed by atoms with Crippen molar-refractivity contribution in [3.8, 4) is 0 Å². The minimum atomic E-state index is -0.320. The first-order valence-corrected chi connectivity index (χ1v) is 6.06. The van der Waals surface area contributed by atoms with E-state index in [0.717, 1.165) is 25.3 Å². The molecule has 1 aliphatic carbocycles. The first kappa shape index (κ1) is 12.5. The molecule has 15 heavy (non-hydrogen) atoms. The van der Waals surface area contributed by atoms with Gasteiger partial charge in [-0.3, -0.25) is 4.79 Å². The molecule has 1 rings (SSSR count). The van der Waals surface area contributed by atoms with Gasteiger partial charge in [0, 0.05) is 13.6 Å². The molecule has 2 atom stereocenters. The third-order valence-corrected chi connectivity index (χ3v) is 3.49. The molecule has 0 bridgehead atoms. The molecule has 1 saturated carbocycles. The molecule has 0 aliphatic heterocycles. The maximum absolute atomic E-state index is 11.9. The van der Waals surface area contributed by atoms with E-state index in [2.05, 4.69) is 6.92 Å². The number of carbonyl (C=O) groups is 1. The lowest BCUT2D eigenvalue weighted by Gasteiger charge is -2.24. The average Bonchev–Trinajstić information content (AvgIpc) is 3.06. The molecule has 0 aromatic heterocycles. The number of nitrogens with two attached hydrogens (primary N) is 1. The Labute approximate surface area is 93.0 Å². The third-order valence-electron chi connectivity index (χ3n) is 3.49. The molecule has 3 nitrogen and oxygen atoms in total. The van der Waals surface area contributed by atoms with Crippen LogP contribution in [0.25, 0.3) is 0 Å². The lowest BCUT2D eigenvalue weighted by atomic mass is 9.99. The van der Waals surface area contributed by atoms with E-state index in [0.29, 0.717) is 0 Å². The largest absolute Gasteiger partial charge is 0.344 e. The number of amides is 1. The minimum absolute atomic E-state index is 0.102. The topological polar surface area (TPSA) is 46.3 Å². The molecule has 1 aliphatic rings. The highest BCUT2D eigenvalue weighted by atomic mass is 16.2. The van der Waals surface area contributed by atoms with Gasteiger partial charge in [-0.15, -0.1) is 0 Å². The molecule has 1 fully saturated rings. The van der Waals surface area contributed by atoms with Crippen LogP contribution < -0.4 is 5.73 Å². The van der Waals surface area contributed by atoms with Crippen molar-refractivity contribution >= 4 is 5.91 Å². The molecule has 0 radical (unpaired) electrons. The summed E-state index contributed by atoms with van der Waals surface area (Å²) in [5, 5.41) is 0. The van der Waals surface area contributed by atoms with E-state index in [9.17, 15) is 4.79 Å². The van der Waals surface area contributed by atoms with Crippen LogP contribution in [-0.2, 0) is 4.79 Å². The van der Waals surface area contributed by atoms with E-state index in [1.54, 1.807) is 4.90 Å². The second kappa shape index (κ2) is 5.50. The van der Waals surface area contributed by atoms with E-state index in [1.165, 1.54) is 12.8 Å². The zero-order valence-electron chi connectivity index (χ0n) is 10.2. The summed E-state index contributed by atoms with van der Waals surface area (Å²) < 4.78 is 0. The standard InChI is InChI=1S/C12H24N2O/c1-4-9(2)11(13)12(15)14(3)8-7-10-5-6-10/h9-11H,4-8,13H2,1-3H3/t9-,11+/m0/s1. The van der Waals surface area contributed by atoms with Crippen LogP contribution in [0.2, 0.25) is 0 Å². The summed E-state index contributed by atoms with van der Waals surface area (Å²) >= 11 is 0. The highest BCUT2D eigenvalue weighted by molar-refractivity contribution is 5.81. The van der Waals surface area contributed by atoms with E-state index in [4.69, 9.17) is 5.73 Å². The minimum Gasteiger partial charge on any atom is -0.344 e. The molecule has 0 spiro atoms. The fourth-order valence-corrected chi connectivity index (χ4v) is 1.64. The van der Waals surface area contributed by atoms with Gasteiger partial charge in [0.25, 0.3) is 0 Å². The zero-order chi connectivity index (χ0) is 11.4. The summed E-state index contributed by atoms with van der Waals surface area (Å²) in [6.07, 6.45) is 4.80. The van der Waals surface area contributed by atoms with Crippen molar-refractivity contribution in [3.05, 3.63) is 0 Å². The second-order valence-electron chi connectivity index (χ2n) is 4.90. The van der Waals surface area contributed by atoms with Gasteiger partial charge in [0.1, 0.15) is 0 Å². The number of carbonyl (C=O) groups excluding carboxylic acids is 1. The Morgan fingerprint density at radius 1 is 1.53 bits per heavy atom. The fraction of sp³-hybridized carbons (Fsp3) is 0.917. The predicted octanol–water partition coefficient (Wildman–Crippen LogP) is 1.62. The van der Waals surface area contributed by atoms with Crippen LogP contribution in [-0.4, -0.2) is 30.4 Å². The maximum Gasteiger partial charge on any atom is 0.239 e. The number of likely N-dealkylation sites (N-methyl/N-ethyl adjacent to an activating group) is 1. The lowest BCUT2D eigenvalue weighted by molar-refractivity contribution is -0.132. The van der Waals surface area contributed by atoms with Crippen molar-refractivity contribution in [3.63, 3.8) is 0 Å². The molecule has 0 heterocycles. The first-order valence-electron chi connectivity index (χ1n) is 6.06. The Hall–Kier alpha value is -0.570. The molecule has 0 unspecified atom stereocenters. The second-order valence-corrected chi connectivity index (χ2v) is 4.90. The SMILES string of the molecule is CC[C@H](C)[C@@H](N)C(=O)N(C)CCC1CC1. The van der Waals surface area contributed by atoms with Crippen LogP contribution in [0.3, 0.4) is 0 Å². The summed E-state index contributed by atoms with van der Waals surface area (Å²) in [7, 11) is 1.87. The van der Waals surface area contributed by atoms with Crippen LogP contribution in [0.4, 0.5) is 0 Å². The number of nitrogens with zero attached hydrogens (tertiary/aromatic N) is 1.